The van der Waals surface area contributed by atoms with Gasteiger partial charge in [0, 0.05) is 63.6 Å². The second kappa shape index (κ2) is 9.15. The van der Waals surface area contributed by atoms with E-state index in [4.69, 9.17) is 4.74 Å². The molecule has 2 aromatic rings. The van der Waals surface area contributed by atoms with Crippen LogP contribution in [0.5, 0.6) is 5.75 Å². The zero-order valence-electron chi connectivity index (χ0n) is 15.1. The van der Waals surface area contributed by atoms with Crippen LogP contribution in [0, 0.1) is 0 Å². The third-order valence-electron chi connectivity index (χ3n) is 4.53. The molecule has 0 spiro atoms. The predicted molar refractivity (Wildman–Crippen MR) is 100 cm³/mol. The summed E-state index contributed by atoms with van der Waals surface area (Å²) in [5.74, 6) is 1.64. The average molecular weight is 355 g/mol. The molecular formula is C19H25N5O2. The van der Waals surface area contributed by atoms with Crippen molar-refractivity contribution in [2.75, 3.05) is 44.7 Å². The molecule has 0 atom stereocenters. The molecule has 1 fully saturated rings. The predicted octanol–water partition coefficient (Wildman–Crippen LogP) is 1.31. The minimum absolute atomic E-state index is 0.0599. The number of para-hydroxylation sites is 1. The van der Waals surface area contributed by atoms with Gasteiger partial charge in [-0.3, -0.25) is 9.69 Å². The number of carbonyl (C=O) groups is 1. The lowest BCUT2D eigenvalue weighted by atomic mass is 10.2. The Morgan fingerprint density at radius 3 is 2.58 bits per heavy atom. The average Bonchev–Trinajstić information content (AvgIpc) is 2.72. The van der Waals surface area contributed by atoms with Crippen molar-refractivity contribution in [2.45, 2.75) is 13.0 Å². The van der Waals surface area contributed by atoms with Crippen LogP contribution >= 0.6 is 0 Å². The van der Waals surface area contributed by atoms with Crippen LogP contribution in [0.4, 0.5) is 5.95 Å². The SMILES string of the molecule is COc1ccccc1CNC(=O)CCN1CCN(c2ncccn2)CC1. The number of aromatic nitrogens is 2. The molecule has 3 rings (SSSR count). The molecule has 1 aliphatic heterocycles. The molecule has 1 amide bonds. The minimum Gasteiger partial charge on any atom is -0.496 e. The number of benzene rings is 1. The first-order valence-corrected chi connectivity index (χ1v) is 8.89. The zero-order chi connectivity index (χ0) is 18.2. The summed E-state index contributed by atoms with van der Waals surface area (Å²) in [4.78, 5) is 25.2. The van der Waals surface area contributed by atoms with Crippen LogP contribution in [0.1, 0.15) is 12.0 Å². The number of ether oxygens (including phenoxy) is 1. The lowest BCUT2D eigenvalue weighted by molar-refractivity contribution is -0.121. The number of carbonyl (C=O) groups excluding carboxylic acids is 1. The summed E-state index contributed by atoms with van der Waals surface area (Å²) in [6, 6.07) is 9.55. The van der Waals surface area contributed by atoms with E-state index in [1.54, 1.807) is 19.5 Å². The molecule has 1 aromatic heterocycles. The van der Waals surface area contributed by atoms with E-state index >= 15 is 0 Å². The van der Waals surface area contributed by atoms with E-state index in [0.29, 0.717) is 13.0 Å². The van der Waals surface area contributed by atoms with E-state index in [-0.39, 0.29) is 5.91 Å². The van der Waals surface area contributed by atoms with Crippen LogP contribution in [0.25, 0.3) is 0 Å². The molecule has 1 aliphatic rings. The number of methoxy groups -OCH3 is 1. The van der Waals surface area contributed by atoms with Gasteiger partial charge in [0.25, 0.3) is 0 Å². The number of hydrogen-bond donors (Lipinski definition) is 1. The van der Waals surface area contributed by atoms with Gasteiger partial charge in [0.15, 0.2) is 0 Å². The molecule has 0 aliphatic carbocycles. The van der Waals surface area contributed by atoms with Gasteiger partial charge >= 0.3 is 0 Å². The lowest BCUT2D eigenvalue weighted by Crippen LogP contribution is -2.47. The van der Waals surface area contributed by atoms with Gasteiger partial charge in [-0.05, 0) is 12.1 Å². The van der Waals surface area contributed by atoms with E-state index in [2.05, 4.69) is 25.1 Å². The summed E-state index contributed by atoms with van der Waals surface area (Å²) in [7, 11) is 1.64. The van der Waals surface area contributed by atoms with Crippen molar-refractivity contribution < 1.29 is 9.53 Å². The fourth-order valence-electron chi connectivity index (χ4n) is 3.02. The van der Waals surface area contributed by atoms with Crippen molar-refractivity contribution in [3.05, 3.63) is 48.3 Å². The summed E-state index contributed by atoms with van der Waals surface area (Å²) in [5, 5.41) is 2.97. The van der Waals surface area contributed by atoms with Crippen LogP contribution in [0.15, 0.2) is 42.7 Å². The molecule has 138 valence electrons. The van der Waals surface area contributed by atoms with Gasteiger partial charge in [-0.1, -0.05) is 18.2 Å². The van der Waals surface area contributed by atoms with Gasteiger partial charge in [0.2, 0.25) is 11.9 Å². The largest absolute Gasteiger partial charge is 0.496 e. The molecule has 0 bridgehead atoms. The fraction of sp³-hybridized carbons (Fsp3) is 0.421. The minimum atomic E-state index is 0.0599. The number of rotatable bonds is 7. The first-order valence-electron chi connectivity index (χ1n) is 8.89. The maximum atomic E-state index is 12.1. The molecule has 0 unspecified atom stereocenters. The van der Waals surface area contributed by atoms with Crippen LogP contribution in [-0.4, -0.2) is 60.6 Å². The number of nitrogens with one attached hydrogen (secondary N) is 1. The maximum Gasteiger partial charge on any atom is 0.225 e. The van der Waals surface area contributed by atoms with Gasteiger partial charge in [0.1, 0.15) is 5.75 Å². The number of nitrogens with zero attached hydrogens (tertiary/aromatic N) is 4. The van der Waals surface area contributed by atoms with Crippen molar-refractivity contribution in [2.24, 2.45) is 0 Å². The summed E-state index contributed by atoms with van der Waals surface area (Å²) in [6.07, 6.45) is 4.03. The molecule has 7 heteroatoms. The van der Waals surface area contributed by atoms with Gasteiger partial charge < -0.3 is 15.0 Å². The van der Waals surface area contributed by atoms with Crippen LogP contribution in [0.2, 0.25) is 0 Å². The van der Waals surface area contributed by atoms with Crippen molar-refractivity contribution >= 4 is 11.9 Å². The standard InChI is InChI=1S/C19H25N5O2/c1-26-17-6-3-2-5-16(17)15-22-18(25)7-10-23-11-13-24(14-12-23)19-20-8-4-9-21-19/h2-6,8-9H,7,10-15H2,1H3,(H,22,25). The lowest BCUT2D eigenvalue weighted by Gasteiger charge is -2.34. The summed E-state index contributed by atoms with van der Waals surface area (Å²) in [5.41, 5.74) is 0.986. The Labute approximate surface area is 154 Å². The third-order valence-corrected chi connectivity index (χ3v) is 4.53. The van der Waals surface area contributed by atoms with E-state index in [9.17, 15) is 4.79 Å². The van der Waals surface area contributed by atoms with Crippen molar-refractivity contribution in [1.29, 1.82) is 0 Å². The molecule has 7 nitrogen and oxygen atoms in total. The summed E-state index contributed by atoms with van der Waals surface area (Å²) in [6.45, 7) is 4.85. The number of anilines is 1. The smallest absolute Gasteiger partial charge is 0.225 e. The van der Waals surface area contributed by atoms with Crippen LogP contribution in [-0.2, 0) is 11.3 Å². The Kier molecular flexibility index (Phi) is 6.38. The highest BCUT2D eigenvalue weighted by Gasteiger charge is 2.19. The fourth-order valence-corrected chi connectivity index (χ4v) is 3.02. The zero-order valence-corrected chi connectivity index (χ0v) is 15.1. The quantitative estimate of drug-likeness (QED) is 0.808. The van der Waals surface area contributed by atoms with Crippen molar-refractivity contribution in [1.82, 2.24) is 20.2 Å². The molecule has 0 saturated carbocycles. The van der Waals surface area contributed by atoms with Gasteiger partial charge in [-0.15, -0.1) is 0 Å². The Hall–Kier alpha value is -2.67. The van der Waals surface area contributed by atoms with E-state index in [1.165, 1.54) is 0 Å². The van der Waals surface area contributed by atoms with Crippen LogP contribution in [0.3, 0.4) is 0 Å². The topological polar surface area (TPSA) is 70.6 Å². The first-order chi connectivity index (χ1) is 12.8. The monoisotopic (exact) mass is 355 g/mol. The Bertz CT molecular complexity index is 702. The molecule has 1 saturated heterocycles. The number of hydrogen-bond acceptors (Lipinski definition) is 6. The van der Waals surface area contributed by atoms with Crippen molar-refractivity contribution in [3.63, 3.8) is 0 Å². The second-order valence-electron chi connectivity index (χ2n) is 6.22. The Balaban J connectivity index is 1.38. The van der Waals surface area contributed by atoms with E-state index in [0.717, 1.165) is 50.0 Å². The van der Waals surface area contributed by atoms with E-state index in [1.807, 2.05) is 30.3 Å². The van der Waals surface area contributed by atoms with Gasteiger partial charge in [-0.25, -0.2) is 9.97 Å². The second-order valence-corrected chi connectivity index (χ2v) is 6.22. The van der Waals surface area contributed by atoms with Crippen molar-refractivity contribution in [3.8, 4) is 5.75 Å². The Morgan fingerprint density at radius 1 is 1.12 bits per heavy atom. The molecular weight excluding hydrogens is 330 g/mol. The molecule has 1 N–H and O–H groups in total. The highest BCUT2D eigenvalue weighted by molar-refractivity contribution is 5.76. The number of amides is 1. The molecule has 26 heavy (non-hydrogen) atoms. The first kappa shape index (κ1) is 18.1. The normalized spacial score (nSPS) is 14.9. The highest BCUT2D eigenvalue weighted by atomic mass is 16.5. The van der Waals surface area contributed by atoms with Crippen LogP contribution < -0.4 is 15.0 Å². The maximum absolute atomic E-state index is 12.1. The summed E-state index contributed by atoms with van der Waals surface area (Å²) < 4.78 is 5.30. The number of piperazine rings is 1. The van der Waals surface area contributed by atoms with Gasteiger partial charge in [-0.2, -0.15) is 0 Å². The molecule has 2 heterocycles. The third kappa shape index (κ3) is 4.92. The van der Waals surface area contributed by atoms with Gasteiger partial charge in [0.05, 0.1) is 7.11 Å². The highest BCUT2D eigenvalue weighted by Crippen LogP contribution is 2.16. The molecule has 0 radical (unpaired) electrons. The molecule has 1 aromatic carbocycles. The van der Waals surface area contributed by atoms with E-state index < -0.39 is 0 Å². The Morgan fingerprint density at radius 2 is 1.85 bits per heavy atom. The summed E-state index contributed by atoms with van der Waals surface area (Å²) >= 11 is 0.